The second-order valence-electron chi connectivity index (χ2n) is 7.04. The van der Waals surface area contributed by atoms with Gasteiger partial charge in [-0.15, -0.1) is 21.5 Å². The minimum absolute atomic E-state index is 0.485. The Bertz CT molecular complexity index is 870. The molecule has 0 N–H and O–H groups in total. The van der Waals surface area contributed by atoms with E-state index in [0.717, 1.165) is 61.5 Å². The summed E-state index contributed by atoms with van der Waals surface area (Å²) in [4.78, 5) is 11.4. The second-order valence-corrected chi connectivity index (χ2v) is 8.11. The molecule has 1 fully saturated rings. The molecule has 0 saturated carbocycles. The third-order valence-electron chi connectivity index (χ3n) is 5.24. The standard InChI is InChI=1S/C18H25N7S/c1-13-19-6-9-25(13)11-17-21-22-18(23(17)3)15-4-7-24(8-5-15)10-16-12-26-14(2)20-16/h6,9,12,15H,4-5,7-8,10-11H2,1-3H3. The molecule has 3 aromatic rings. The maximum absolute atomic E-state index is 4.58. The summed E-state index contributed by atoms with van der Waals surface area (Å²) in [5.41, 5.74) is 1.20. The van der Waals surface area contributed by atoms with Crippen LogP contribution >= 0.6 is 11.3 Å². The number of thiazole rings is 1. The Balaban J connectivity index is 1.38. The number of hydrogen-bond donors (Lipinski definition) is 0. The number of nitrogens with zero attached hydrogens (tertiary/aromatic N) is 7. The van der Waals surface area contributed by atoms with Gasteiger partial charge in [0.1, 0.15) is 11.6 Å². The summed E-state index contributed by atoms with van der Waals surface area (Å²) in [5.74, 6) is 3.59. The van der Waals surface area contributed by atoms with Crippen molar-refractivity contribution in [3.8, 4) is 0 Å². The Morgan fingerprint density at radius 3 is 2.62 bits per heavy atom. The molecule has 138 valence electrons. The Kier molecular flexibility index (Phi) is 4.86. The van der Waals surface area contributed by atoms with Crippen molar-refractivity contribution >= 4 is 11.3 Å². The summed E-state index contributed by atoms with van der Waals surface area (Å²) < 4.78 is 4.27. The average molecular weight is 372 g/mol. The fourth-order valence-corrected chi connectivity index (χ4v) is 4.25. The molecule has 1 saturated heterocycles. The van der Waals surface area contributed by atoms with Gasteiger partial charge in [0.25, 0.3) is 0 Å². The SMILES string of the molecule is Cc1nc(CN2CCC(c3nnc(Cn4ccnc4C)n3C)CC2)cs1. The van der Waals surface area contributed by atoms with Crippen LogP contribution in [0.1, 0.15) is 46.9 Å². The molecule has 8 heteroatoms. The van der Waals surface area contributed by atoms with Crippen LogP contribution in [0.4, 0.5) is 0 Å². The van der Waals surface area contributed by atoms with Crippen molar-refractivity contribution in [2.75, 3.05) is 13.1 Å². The summed E-state index contributed by atoms with van der Waals surface area (Å²) in [6.07, 6.45) is 6.06. The van der Waals surface area contributed by atoms with Gasteiger partial charge < -0.3 is 9.13 Å². The monoisotopic (exact) mass is 371 g/mol. The van der Waals surface area contributed by atoms with Crippen LogP contribution in [0.15, 0.2) is 17.8 Å². The Morgan fingerprint density at radius 2 is 1.96 bits per heavy atom. The summed E-state index contributed by atoms with van der Waals surface area (Å²) in [5, 5.41) is 12.3. The lowest BCUT2D eigenvalue weighted by Gasteiger charge is -2.30. The lowest BCUT2D eigenvalue weighted by atomic mass is 9.96. The molecule has 0 aliphatic carbocycles. The predicted molar refractivity (Wildman–Crippen MR) is 101 cm³/mol. The number of aromatic nitrogens is 6. The van der Waals surface area contributed by atoms with Crippen LogP contribution in [0.2, 0.25) is 0 Å². The molecule has 3 aromatic heterocycles. The van der Waals surface area contributed by atoms with Gasteiger partial charge in [0.2, 0.25) is 0 Å². The van der Waals surface area contributed by atoms with Crippen LogP contribution in [-0.4, -0.2) is 47.3 Å². The molecule has 4 heterocycles. The van der Waals surface area contributed by atoms with Gasteiger partial charge in [-0.25, -0.2) is 9.97 Å². The first-order valence-electron chi connectivity index (χ1n) is 9.09. The van der Waals surface area contributed by atoms with E-state index in [1.54, 1.807) is 11.3 Å². The highest BCUT2D eigenvalue weighted by molar-refractivity contribution is 7.09. The topological polar surface area (TPSA) is 64.7 Å². The third kappa shape index (κ3) is 3.57. The van der Waals surface area contributed by atoms with Crippen molar-refractivity contribution < 1.29 is 0 Å². The van der Waals surface area contributed by atoms with Crippen molar-refractivity contribution in [2.45, 2.75) is 45.7 Å². The highest BCUT2D eigenvalue weighted by atomic mass is 32.1. The molecular formula is C18H25N7S. The average Bonchev–Trinajstić information content (AvgIpc) is 3.32. The minimum Gasteiger partial charge on any atom is -0.328 e. The van der Waals surface area contributed by atoms with Gasteiger partial charge in [0, 0.05) is 37.3 Å². The lowest BCUT2D eigenvalue weighted by molar-refractivity contribution is 0.198. The molecule has 0 spiro atoms. The van der Waals surface area contributed by atoms with Gasteiger partial charge in [-0.3, -0.25) is 4.90 Å². The molecule has 1 aliphatic rings. The fourth-order valence-electron chi connectivity index (χ4n) is 3.65. The number of likely N-dealkylation sites (tertiary alicyclic amines) is 1. The highest BCUT2D eigenvalue weighted by Crippen LogP contribution is 2.27. The van der Waals surface area contributed by atoms with Crippen LogP contribution in [0, 0.1) is 13.8 Å². The van der Waals surface area contributed by atoms with Gasteiger partial charge >= 0.3 is 0 Å². The van der Waals surface area contributed by atoms with Crippen LogP contribution in [0.25, 0.3) is 0 Å². The molecule has 26 heavy (non-hydrogen) atoms. The van der Waals surface area contributed by atoms with Crippen LogP contribution < -0.4 is 0 Å². The Hall–Kier alpha value is -2.06. The minimum atomic E-state index is 0.485. The van der Waals surface area contributed by atoms with Crippen LogP contribution in [0.5, 0.6) is 0 Å². The normalized spacial score (nSPS) is 16.4. The highest BCUT2D eigenvalue weighted by Gasteiger charge is 2.25. The molecule has 0 bridgehead atoms. The van der Waals surface area contributed by atoms with Gasteiger partial charge in [-0.1, -0.05) is 0 Å². The van der Waals surface area contributed by atoms with Gasteiger partial charge in [-0.2, -0.15) is 0 Å². The van der Waals surface area contributed by atoms with E-state index in [9.17, 15) is 0 Å². The zero-order valence-electron chi connectivity index (χ0n) is 15.6. The summed E-state index contributed by atoms with van der Waals surface area (Å²) >= 11 is 1.73. The quantitative estimate of drug-likeness (QED) is 0.689. The molecule has 0 atom stereocenters. The van der Waals surface area contributed by atoms with E-state index < -0.39 is 0 Å². The zero-order chi connectivity index (χ0) is 18.1. The molecule has 0 amide bonds. The fraction of sp³-hybridized carbons (Fsp3) is 0.556. The van der Waals surface area contributed by atoms with Gasteiger partial charge in [0.05, 0.1) is 17.2 Å². The maximum Gasteiger partial charge on any atom is 0.152 e. The van der Waals surface area contributed by atoms with E-state index in [1.165, 1.54) is 5.69 Å². The van der Waals surface area contributed by atoms with E-state index >= 15 is 0 Å². The van der Waals surface area contributed by atoms with Crippen LogP contribution in [0.3, 0.4) is 0 Å². The molecule has 0 aromatic carbocycles. The van der Waals surface area contributed by atoms with Gasteiger partial charge in [-0.05, 0) is 39.8 Å². The van der Waals surface area contributed by atoms with E-state index in [-0.39, 0.29) is 0 Å². The van der Waals surface area contributed by atoms with Crippen LogP contribution in [-0.2, 0) is 20.1 Å². The van der Waals surface area contributed by atoms with E-state index in [4.69, 9.17) is 0 Å². The number of rotatable bonds is 5. The Labute approximate surface area is 157 Å². The van der Waals surface area contributed by atoms with Gasteiger partial charge in [0.15, 0.2) is 5.82 Å². The molecule has 4 rings (SSSR count). The summed E-state index contributed by atoms with van der Waals surface area (Å²) in [6, 6.07) is 0. The molecule has 7 nitrogen and oxygen atoms in total. The molecule has 0 unspecified atom stereocenters. The first kappa shape index (κ1) is 17.4. The zero-order valence-corrected chi connectivity index (χ0v) is 16.4. The van der Waals surface area contributed by atoms with Crippen molar-refractivity contribution in [2.24, 2.45) is 7.05 Å². The van der Waals surface area contributed by atoms with Crippen molar-refractivity contribution in [3.63, 3.8) is 0 Å². The maximum atomic E-state index is 4.58. The second kappa shape index (κ2) is 7.28. The largest absolute Gasteiger partial charge is 0.328 e. The number of aryl methyl sites for hydroxylation is 2. The van der Waals surface area contributed by atoms with E-state index in [1.807, 2.05) is 19.3 Å². The first-order valence-corrected chi connectivity index (χ1v) is 9.97. The lowest BCUT2D eigenvalue weighted by Crippen LogP contribution is -2.33. The predicted octanol–water partition coefficient (Wildman–Crippen LogP) is 2.51. The van der Waals surface area contributed by atoms with Crippen molar-refractivity contribution in [3.05, 3.63) is 45.9 Å². The Morgan fingerprint density at radius 1 is 1.15 bits per heavy atom. The third-order valence-corrected chi connectivity index (χ3v) is 6.06. The number of imidazole rings is 1. The first-order chi connectivity index (χ1) is 12.6. The number of hydrogen-bond acceptors (Lipinski definition) is 6. The van der Waals surface area contributed by atoms with E-state index in [0.29, 0.717) is 5.92 Å². The molecule has 1 aliphatic heterocycles. The van der Waals surface area contributed by atoms with Crippen molar-refractivity contribution in [1.29, 1.82) is 0 Å². The van der Waals surface area contributed by atoms with Crippen molar-refractivity contribution in [1.82, 2.24) is 34.2 Å². The molecule has 0 radical (unpaired) electrons. The number of piperidine rings is 1. The summed E-state index contributed by atoms with van der Waals surface area (Å²) in [7, 11) is 2.08. The molecular weight excluding hydrogens is 346 g/mol. The smallest absolute Gasteiger partial charge is 0.152 e. The summed E-state index contributed by atoms with van der Waals surface area (Å²) in [6.45, 7) is 7.93. The van der Waals surface area contributed by atoms with E-state index in [2.05, 4.69) is 53.6 Å².